The summed E-state index contributed by atoms with van der Waals surface area (Å²) in [6.07, 6.45) is 28.8. The average molecular weight is 593 g/mol. The third-order valence-corrected chi connectivity index (χ3v) is 9.04. The van der Waals surface area contributed by atoms with E-state index < -0.39 is 0 Å². The third kappa shape index (κ3) is 12.2. The van der Waals surface area contributed by atoms with Crippen LogP contribution in [0.5, 0.6) is 5.75 Å². The van der Waals surface area contributed by atoms with E-state index >= 15 is 0 Å². The number of hydrogen-bond acceptors (Lipinski definition) is 3. The van der Waals surface area contributed by atoms with Crippen molar-refractivity contribution in [2.45, 2.75) is 162 Å². The van der Waals surface area contributed by atoms with E-state index in [9.17, 15) is 10.1 Å². The highest BCUT2D eigenvalue weighted by Gasteiger charge is 2.21. The van der Waals surface area contributed by atoms with E-state index in [4.69, 9.17) is 4.74 Å². The van der Waals surface area contributed by atoms with Crippen molar-refractivity contribution in [1.82, 2.24) is 4.57 Å². The molecule has 0 saturated carbocycles. The molecular weight excluding hydrogens is 532 g/mol. The summed E-state index contributed by atoms with van der Waals surface area (Å²) >= 11 is 0. The van der Waals surface area contributed by atoms with Gasteiger partial charge in [0.15, 0.2) is 5.75 Å². The molecule has 5 nitrogen and oxygen atoms in total. The molecule has 0 saturated heterocycles. The average Bonchev–Trinajstić information content (AvgIpc) is 3.32. The zero-order valence-corrected chi connectivity index (χ0v) is 27.6. The molecule has 43 heavy (non-hydrogen) atoms. The predicted molar refractivity (Wildman–Crippen MR) is 185 cm³/mol. The largest absolute Gasteiger partial charge is 0.487 e. The minimum Gasteiger partial charge on any atom is -0.487 e. The second-order valence-electron chi connectivity index (χ2n) is 12.7. The van der Waals surface area contributed by atoms with Crippen LogP contribution in [0.1, 0.15) is 155 Å². The highest BCUT2D eigenvalue weighted by atomic mass is 16.6. The standard InChI is InChI=1S/C38H60N2O3/c1-3-5-7-9-11-12-13-14-15-16-17-18-19-20-21-25-29-39-35-28-24-23-27-33(35)34-31-37(40(41)42)38(32-36(34)39)43-30-26-22-10-8-6-4-2/h23-24,27-28,31-32H,3-22,25-26,29-30H2,1-2H3. The molecule has 1 aromatic heterocycles. The molecule has 0 atom stereocenters. The van der Waals surface area contributed by atoms with Crippen molar-refractivity contribution in [2.75, 3.05) is 6.61 Å². The van der Waals surface area contributed by atoms with Gasteiger partial charge in [-0.25, -0.2) is 0 Å². The van der Waals surface area contributed by atoms with E-state index in [1.165, 1.54) is 122 Å². The van der Waals surface area contributed by atoms with Crippen molar-refractivity contribution in [3.63, 3.8) is 0 Å². The SMILES string of the molecule is CCCCCCCCCCCCCCCCCCn1c2ccccc2c2cc([N+](=O)[O-])c(OCCCCCCCC)cc21. The van der Waals surface area contributed by atoms with Gasteiger partial charge in [0.1, 0.15) is 0 Å². The summed E-state index contributed by atoms with van der Waals surface area (Å²) in [6.45, 7) is 5.96. The maximum Gasteiger partial charge on any atom is 0.311 e. The van der Waals surface area contributed by atoms with Crippen molar-refractivity contribution in [3.05, 3.63) is 46.5 Å². The summed E-state index contributed by atoms with van der Waals surface area (Å²) in [6, 6.07) is 12.0. The molecule has 5 heteroatoms. The van der Waals surface area contributed by atoms with Gasteiger partial charge in [-0.1, -0.05) is 160 Å². The van der Waals surface area contributed by atoms with Gasteiger partial charge in [-0.2, -0.15) is 0 Å². The monoisotopic (exact) mass is 592 g/mol. The van der Waals surface area contributed by atoms with E-state index in [0.717, 1.165) is 47.6 Å². The summed E-state index contributed by atoms with van der Waals surface area (Å²) in [5.74, 6) is 0.405. The number of aromatic nitrogens is 1. The molecule has 0 unspecified atom stereocenters. The third-order valence-electron chi connectivity index (χ3n) is 9.04. The second kappa shape index (κ2) is 21.2. The van der Waals surface area contributed by atoms with Crippen LogP contribution in [0.3, 0.4) is 0 Å². The maximum absolute atomic E-state index is 12.0. The molecule has 3 aromatic rings. The van der Waals surface area contributed by atoms with E-state index in [2.05, 4.69) is 36.6 Å². The number of unbranched alkanes of at least 4 members (excludes halogenated alkanes) is 20. The lowest BCUT2D eigenvalue weighted by Crippen LogP contribution is -2.02. The summed E-state index contributed by atoms with van der Waals surface area (Å²) in [5, 5.41) is 14.0. The fourth-order valence-electron chi connectivity index (χ4n) is 6.44. The van der Waals surface area contributed by atoms with Gasteiger partial charge in [0, 0.05) is 35.0 Å². The number of fused-ring (bicyclic) bond motifs is 3. The molecule has 0 fully saturated rings. The van der Waals surface area contributed by atoms with Gasteiger partial charge in [-0.15, -0.1) is 0 Å². The Hall–Kier alpha value is -2.56. The number of nitrogens with zero attached hydrogens (tertiary/aromatic N) is 2. The summed E-state index contributed by atoms with van der Waals surface area (Å²) in [4.78, 5) is 11.7. The minimum absolute atomic E-state index is 0.0730. The molecule has 0 radical (unpaired) electrons. The fourth-order valence-corrected chi connectivity index (χ4v) is 6.44. The van der Waals surface area contributed by atoms with Crippen molar-refractivity contribution in [2.24, 2.45) is 0 Å². The Morgan fingerprint density at radius 1 is 0.605 bits per heavy atom. The van der Waals surface area contributed by atoms with Gasteiger partial charge in [0.25, 0.3) is 0 Å². The first kappa shape index (κ1) is 34.9. The van der Waals surface area contributed by atoms with Crippen molar-refractivity contribution < 1.29 is 9.66 Å². The normalized spacial score (nSPS) is 11.6. The Balaban J connectivity index is 1.44. The Morgan fingerprint density at radius 3 is 1.63 bits per heavy atom. The van der Waals surface area contributed by atoms with Gasteiger partial charge in [0.05, 0.1) is 17.0 Å². The molecule has 2 aromatic carbocycles. The predicted octanol–water partition coefficient (Wildman–Crippen LogP) is 12.7. The van der Waals surface area contributed by atoms with E-state index in [0.29, 0.717) is 12.4 Å². The minimum atomic E-state index is -0.294. The van der Waals surface area contributed by atoms with Gasteiger partial charge < -0.3 is 9.30 Å². The lowest BCUT2D eigenvalue weighted by atomic mass is 10.0. The highest BCUT2D eigenvalue weighted by Crippen LogP contribution is 2.38. The van der Waals surface area contributed by atoms with Gasteiger partial charge in [-0.05, 0) is 18.9 Å². The Morgan fingerprint density at radius 2 is 1.09 bits per heavy atom. The van der Waals surface area contributed by atoms with Gasteiger partial charge >= 0.3 is 5.69 Å². The fraction of sp³-hybridized carbons (Fsp3) is 0.684. The van der Waals surface area contributed by atoms with Crippen molar-refractivity contribution in [1.29, 1.82) is 0 Å². The number of benzene rings is 2. The molecule has 0 spiro atoms. The highest BCUT2D eigenvalue weighted by molar-refractivity contribution is 6.09. The van der Waals surface area contributed by atoms with E-state index in [1.807, 2.05) is 12.1 Å². The smallest absolute Gasteiger partial charge is 0.311 e. The number of rotatable bonds is 26. The topological polar surface area (TPSA) is 57.3 Å². The molecule has 240 valence electrons. The van der Waals surface area contributed by atoms with Crippen LogP contribution in [0, 0.1) is 10.1 Å². The number of para-hydroxylation sites is 1. The summed E-state index contributed by atoms with van der Waals surface area (Å²) in [5.41, 5.74) is 2.27. The molecule has 0 aliphatic heterocycles. The quantitative estimate of drug-likeness (QED) is 0.0529. The number of aryl methyl sites for hydroxylation is 1. The lowest BCUT2D eigenvalue weighted by molar-refractivity contribution is -0.385. The molecular formula is C38H60N2O3. The Bertz CT molecular complexity index is 1180. The van der Waals surface area contributed by atoms with E-state index in [1.54, 1.807) is 6.07 Å². The Labute approximate surface area is 261 Å². The number of hydrogen-bond donors (Lipinski definition) is 0. The van der Waals surface area contributed by atoms with Crippen LogP contribution >= 0.6 is 0 Å². The summed E-state index contributed by atoms with van der Waals surface area (Å²) in [7, 11) is 0. The van der Waals surface area contributed by atoms with Crippen LogP contribution < -0.4 is 4.74 Å². The first-order valence-corrected chi connectivity index (χ1v) is 18.0. The van der Waals surface area contributed by atoms with Crippen molar-refractivity contribution in [3.8, 4) is 5.75 Å². The lowest BCUT2D eigenvalue weighted by Gasteiger charge is -2.10. The van der Waals surface area contributed by atoms with Crippen molar-refractivity contribution >= 4 is 27.5 Å². The molecule has 3 rings (SSSR count). The van der Waals surface area contributed by atoms with Crippen LogP contribution in [-0.4, -0.2) is 16.1 Å². The molecule has 0 amide bonds. The van der Waals surface area contributed by atoms with Gasteiger partial charge in [-0.3, -0.25) is 10.1 Å². The maximum atomic E-state index is 12.0. The molecule has 0 aliphatic rings. The van der Waals surface area contributed by atoms with Crippen LogP contribution in [0.25, 0.3) is 21.8 Å². The Kier molecular flexibility index (Phi) is 17.2. The number of nitro benzene ring substituents is 1. The van der Waals surface area contributed by atoms with Crippen LogP contribution in [0.4, 0.5) is 5.69 Å². The zero-order chi connectivity index (χ0) is 30.5. The first-order valence-electron chi connectivity index (χ1n) is 18.0. The zero-order valence-electron chi connectivity index (χ0n) is 27.6. The second-order valence-corrected chi connectivity index (χ2v) is 12.7. The molecule has 0 bridgehead atoms. The van der Waals surface area contributed by atoms with Crippen LogP contribution in [0.15, 0.2) is 36.4 Å². The molecule has 1 heterocycles. The number of ether oxygens (including phenoxy) is 1. The molecule has 0 aliphatic carbocycles. The van der Waals surface area contributed by atoms with Gasteiger partial charge in [0.2, 0.25) is 0 Å². The van der Waals surface area contributed by atoms with Crippen LogP contribution in [-0.2, 0) is 6.54 Å². The summed E-state index contributed by atoms with van der Waals surface area (Å²) < 4.78 is 8.40. The first-order chi connectivity index (χ1) is 21.2. The molecule has 0 N–H and O–H groups in total. The van der Waals surface area contributed by atoms with E-state index in [-0.39, 0.29) is 10.6 Å². The number of nitro groups is 1. The van der Waals surface area contributed by atoms with Crippen LogP contribution in [0.2, 0.25) is 0 Å².